The first-order valence-corrected chi connectivity index (χ1v) is 5.26. The van der Waals surface area contributed by atoms with Crippen LogP contribution in [0.15, 0.2) is 46.5 Å². The Morgan fingerprint density at radius 2 is 1.94 bits per heavy atom. The van der Waals surface area contributed by atoms with E-state index in [4.69, 9.17) is 5.26 Å². The first-order chi connectivity index (χ1) is 7.79. The molecule has 0 radical (unpaired) electrons. The van der Waals surface area contributed by atoms with Crippen LogP contribution in [0.5, 0.6) is 0 Å². The van der Waals surface area contributed by atoms with Gasteiger partial charge in [0.05, 0.1) is 11.8 Å². The van der Waals surface area contributed by atoms with E-state index in [1.54, 1.807) is 18.2 Å². The molecule has 1 heterocycles. The average Bonchev–Trinajstić information content (AvgIpc) is 2.33. The Labute approximate surface area is 95.9 Å². The van der Waals surface area contributed by atoms with Crippen LogP contribution in [0.1, 0.15) is 5.56 Å². The quantitative estimate of drug-likeness (QED) is 0.797. The number of benzene rings is 1. The number of rotatable bonds is 2. The van der Waals surface area contributed by atoms with Crippen LogP contribution in [0.25, 0.3) is 0 Å². The van der Waals surface area contributed by atoms with E-state index in [2.05, 4.69) is 10.2 Å². The molecule has 3 nitrogen and oxygen atoms in total. The van der Waals surface area contributed by atoms with Crippen molar-refractivity contribution in [3.05, 3.63) is 47.9 Å². The van der Waals surface area contributed by atoms with Crippen LogP contribution in [-0.4, -0.2) is 10.2 Å². The van der Waals surface area contributed by atoms with Gasteiger partial charge in [0.25, 0.3) is 0 Å². The number of nitrogens with zero attached hydrogens (tertiary/aromatic N) is 3. The number of hydrogen-bond acceptors (Lipinski definition) is 4. The van der Waals surface area contributed by atoms with Crippen molar-refractivity contribution in [1.29, 1.82) is 5.26 Å². The van der Waals surface area contributed by atoms with Gasteiger partial charge in [-0.15, -0.1) is 5.10 Å². The Hall–Kier alpha value is -1.93. The van der Waals surface area contributed by atoms with Gasteiger partial charge in [0.1, 0.15) is 16.9 Å². The minimum atomic E-state index is -0.288. The summed E-state index contributed by atoms with van der Waals surface area (Å²) in [7, 11) is 0. The molecule has 78 valence electrons. The van der Waals surface area contributed by atoms with Crippen LogP contribution in [-0.2, 0) is 0 Å². The standard InChI is InChI=1S/C11H6FN3S/c12-9-1-3-10(4-2-9)16-11-8(7-13)5-6-14-15-11/h1-6H. The normalized spacial score (nSPS) is 9.75. The topological polar surface area (TPSA) is 49.6 Å². The Morgan fingerprint density at radius 3 is 2.62 bits per heavy atom. The van der Waals surface area contributed by atoms with Gasteiger partial charge in [-0.3, -0.25) is 0 Å². The fourth-order valence-corrected chi connectivity index (χ4v) is 1.90. The van der Waals surface area contributed by atoms with Crippen molar-refractivity contribution in [2.75, 3.05) is 0 Å². The molecule has 16 heavy (non-hydrogen) atoms. The Bertz CT molecular complexity index is 534. The number of hydrogen-bond donors (Lipinski definition) is 0. The summed E-state index contributed by atoms with van der Waals surface area (Å²) in [6, 6.07) is 9.63. The lowest BCUT2D eigenvalue weighted by molar-refractivity contribution is 0.626. The molecule has 0 saturated heterocycles. The Kier molecular flexibility index (Phi) is 3.13. The maximum atomic E-state index is 12.7. The molecule has 5 heteroatoms. The molecule has 0 atom stereocenters. The van der Waals surface area contributed by atoms with Gasteiger partial charge in [0.15, 0.2) is 0 Å². The monoisotopic (exact) mass is 231 g/mol. The second kappa shape index (κ2) is 4.73. The second-order valence-electron chi connectivity index (χ2n) is 2.92. The van der Waals surface area contributed by atoms with Gasteiger partial charge in [-0.1, -0.05) is 11.8 Å². The zero-order valence-corrected chi connectivity index (χ0v) is 8.91. The first-order valence-electron chi connectivity index (χ1n) is 4.45. The summed E-state index contributed by atoms with van der Waals surface area (Å²) >= 11 is 1.28. The molecule has 2 aromatic rings. The van der Waals surface area contributed by atoms with Gasteiger partial charge in [-0.2, -0.15) is 10.4 Å². The molecule has 1 aromatic carbocycles. The van der Waals surface area contributed by atoms with Crippen molar-refractivity contribution in [2.45, 2.75) is 9.92 Å². The first kappa shape index (κ1) is 10.6. The molecule has 2 rings (SSSR count). The third-order valence-corrected chi connectivity index (χ3v) is 2.84. The lowest BCUT2D eigenvalue weighted by Gasteiger charge is -2.00. The van der Waals surface area contributed by atoms with E-state index >= 15 is 0 Å². The van der Waals surface area contributed by atoms with Gasteiger partial charge in [0.2, 0.25) is 0 Å². The predicted octanol–water partition coefficient (Wildman–Crippen LogP) is 2.64. The molecular weight excluding hydrogens is 225 g/mol. The molecule has 1 aromatic heterocycles. The fourth-order valence-electron chi connectivity index (χ4n) is 1.09. The van der Waals surface area contributed by atoms with Crippen molar-refractivity contribution in [2.24, 2.45) is 0 Å². The summed E-state index contributed by atoms with van der Waals surface area (Å²) in [5, 5.41) is 16.9. The molecular formula is C11H6FN3S. The minimum absolute atomic E-state index is 0.288. The second-order valence-corrected chi connectivity index (χ2v) is 3.98. The zero-order valence-electron chi connectivity index (χ0n) is 8.09. The predicted molar refractivity (Wildman–Crippen MR) is 57.3 cm³/mol. The molecule has 0 spiro atoms. The highest BCUT2D eigenvalue weighted by molar-refractivity contribution is 7.99. The summed E-state index contributed by atoms with van der Waals surface area (Å²) in [4.78, 5) is 0.818. The van der Waals surface area contributed by atoms with Crippen molar-refractivity contribution in [3.8, 4) is 6.07 Å². The largest absolute Gasteiger partial charge is 0.207 e. The molecule has 0 aliphatic heterocycles. The summed E-state index contributed by atoms with van der Waals surface area (Å²) in [6.07, 6.45) is 1.47. The smallest absolute Gasteiger partial charge is 0.141 e. The van der Waals surface area contributed by atoms with Crippen molar-refractivity contribution in [3.63, 3.8) is 0 Å². The van der Waals surface area contributed by atoms with Crippen LogP contribution in [0.2, 0.25) is 0 Å². The molecule has 0 aliphatic carbocycles. The van der Waals surface area contributed by atoms with Crippen LogP contribution in [0, 0.1) is 17.1 Å². The fraction of sp³-hybridized carbons (Fsp3) is 0. The molecule has 0 saturated carbocycles. The SMILES string of the molecule is N#Cc1ccnnc1Sc1ccc(F)cc1. The summed E-state index contributed by atoms with van der Waals surface area (Å²) < 4.78 is 12.7. The van der Waals surface area contributed by atoms with E-state index in [1.807, 2.05) is 6.07 Å². The van der Waals surface area contributed by atoms with Gasteiger partial charge < -0.3 is 0 Å². The Morgan fingerprint density at radius 1 is 1.19 bits per heavy atom. The van der Waals surface area contributed by atoms with E-state index in [9.17, 15) is 4.39 Å². The lowest BCUT2D eigenvalue weighted by Crippen LogP contribution is -1.88. The number of nitriles is 1. The van der Waals surface area contributed by atoms with Crippen molar-refractivity contribution < 1.29 is 4.39 Å². The third-order valence-electron chi connectivity index (χ3n) is 1.84. The molecule has 0 unspecified atom stereocenters. The van der Waals surface area contributed by atoms with Crippen LogP contribution in [0.3, 0.4) is 0 Å². The number of halogens is 1. The highest BCUT2D eigenvalue weighted by atomic mass is 32.2. The van der Waals surface area contributed by atoms with Crippen LogP contribution < -0.4 is 0 Å². The van der Waals surface area contributed by atoms with Crippen LogP contribution in [0.4, 0.5) is 4.39 Å². The van der Waals surface area contributed by atoms with Gasteiger partial charge in [0, 0.05) is 4.90 Å². The number of aromatic nitrogens is 2. The average molecular weight is 231 g/mol. The highest BCUT2D eigenvalue weighted by Gasteiger charge is 2.05. The summed E-state index contributed by atoms with van der Waals surface area (Å²) in [5.74, 6) is -0.288. The van der Waals surface area contributed by atoms with Gasteiger partial charge in [-0.05, 0) is 30.3 Å². The highest BCUT2D eigenvalue weighted by Crippen LogP contribution is 2.27. The molecule has 0 fully saturated rings. The zero-order chi connectivity index (χ0) is 11.4. The summed E-state index contributed by atoms with van der Waals surface area (Å²) in [5.41, 5.74) is 0.462. The molecule has 0 N–H and O–H groups in total. The molecule has 0 amide bonds. The molecule has 0 bridgehead atoms. The summed E-state index contributed by atoms with van der Waals surface area (Å²) in [6.45, 7) is 0. The van der Waals surface area contributed by atoms with E-state index in [0.29, 0.717) is 10.6 Å². The van der Waals surface area contributed by atoms with E-state index in [0.717, 1.165) is 4.90 Å². The Balaban J connectivity index is 2.27. The van der Waals surface area contributed by atoms with E-state index in [-0.39, 0.29) is 5.82 Å². The third kappa shape index (κ3) is 2.35. The minimum Gasteiger partial charge on any atom is -0.207 e. The van der Waals surface area contributed by atoms with E-state index in [1.165, 1.54) is 30.1 Å². The maximum absolute atomic E-state index is 12.7. The van der Waals surface area contributed by atoms with Crippen molar-refractivity contribution in [1.82, 2.24) is 10.2 Å². The maximum Gasteiger partial charge on any atom is 0.141 e. The van der Waals surface area contributed by atoms with Crippen LogP contribution >= 0.6 is 11.8 Å². The van der Waals surface area contributed by atoms with Gasteiger partial charge >= 0.3 is 0 Å². The van der Waals surface area contributed by atoms with E-state index < -0.39 is 0 Å². The van der Waals surface area contributed by atoms with Gasteiger partial charge in [-0.25, -0.2) is 4.39 Å². The van der Waals surface area contributed by atoms with Crippen molar-refractivity contribution >= 4 is 11.8 Å². The molecule has 0 aliphatic rings. The lowest BCUT2D eigenvalue weighted by atomic mass is 10.3.